The Labute approximate surface area is 93.5 Å². The third kappa shape index (κ3) is 3.68. The highest BCUT2D eigenvalue weighted by atomic mass is 32.2. The molecular weight excluding hydrogens is 234 g/mol. The van der Waals surface area contributed by atoms with Crippen LogP contribution in [0.25, 0.3) is 0 Å². The van der Waals surface area contributed by atoms with E-state index in [4.69, 9.17) is 5.11 Å². The van der Waals surface area contributed by atoms with Crippen LogP contribution in [0, 0.1) is 0 Å². The molecule has 0 aliphatic carbocycles. The summed E-state index contributed by atoms with van der Waals surface area (Å²) in [5, 5.41) is 15.6. The van der Waals surface area contributed by atoms with Crippen molar-refractivity contribution < 1.29 is 13.5 Å². The maximum absolute atomic E-state index is 11.6. The zero-order valence-corrected chi connectivity index (χ0v) is 9.55. The van der Waals surface area contributed by atoms with Gasteiger partial charge in [0.15, 0.2) is 0 Å². The minimum Gasteiger partial charge on any atom is -0.396 e. The molecule has 1 heterocycles. The first kappa shape index (κ1) is 12.7. The molecule has 0 aliphatic heterocycles. The number of aliphatic hydroxyl groups excluding tert-OH is 1. The van der Waals surface area contributed by atoms with Crippen LogP contribution in [0.1, 0.15) is 6.42 Å². The zero-order valence-electron chi connectivity index (χ0n) is 8.74. The van der Waals surface area contributed by atoms with Crippen LogP contribution in [0.2, 0.25) is 0 Å². The Morgan fingerprint density at radius 3 is 2.81 bits per heavy atom. The molecule has 2 N–H and O–H groups in total. The van der Waals surface area contributed by atoms with Gasteiger partial charge in [-0.3, -0.25) is 0 Å². The number of nitrogens with one attached hydrogen (secondary N) is 1. The number of aliphatic hydroxyl groups is 1. The zero-order chi connectivity index (χ0) is 12.0. The van der Waals surface area contributed by atoms with E-state index < -0.39 is 10.2 Å². The quantitative estimate of drug-likeness (QED) is 0.656. The number of aromatic nitrogens is 3. The molecule has 0 saturated carbocycles. The molecule has 90 valence electrons. The lowest BCUT2D eigenvalue weighted by atomic mass is 10.5. The van der Waals surface area contributed by atoms with E-state index in [1.165, 1.54) is 19.4 Å². The van der Waals surface area contributed by atoms with E-state index in [0.29, 0.717) is 6.42 Å². The average molecular weight is 247 g/mol. The standard InChI is InChI=1S/C7H13N5O3S/c1-12(5-2-6-13)16(14,15)11-7-8-3-4-9-10-7/h3-4,13H,2,5-6H2,1H3,(H,8,10,11). The summed E-state index contributed by atoms with van der Waals surface area (Å²) in [5.41, 5.74) is 0. The van der Waals surface area contributed by atoms with E-state index in [0.717, 1.165) is 4.31 Å². The van der Waals surface area contributed by atoms with Crippen molar-refractivity contribution in [3.8, 4) is 0 Å². The summed E-state index contributed by atoms with van der Waals surface area (Å²) in [7, 11) is -2.28. The largest absolute Gasteiger partial charge is 0.396 e. The minimum atomic E-state index is -3.68. The Balaban J connectivity index is 2.65. The first-order chi connectivity index (χ1) is 7.56. The van der Waals surface area contributed by atoms with E-state index in [9.17, 15) is 8.42 Å². The smallest absolute Gasteiger partial charge is 0.303 e. The molecule has 8 nitrogen and oxygen atoms in total. The normalized spacial score (nSPS) is 11.7. The molecule has 0 fully saturated rings. The molecule has 1 aromatic heterocycles. The Kier molecular flexibility index (Phi) is 4.52. The van der Waals surface area contributed by atoms with Crippen molar-refractivity contribution in [1.29, 1.82) is 0 Å². The van der Waals surface area contributed by atoms with Crippen molar-refractivity contribution in [3.05, 3.63) is 12.4 Å². The molecular formula is C7H13N5O3S. The summed E-state index contributed by atoms with van der Waals surface area (Å²) in [5.74, 6) is -0.0849. The fourth-order valence-corrected chi connectivity index (χ4v) is 1.75. The summed E-state index contributed by atoms with van der Waals surface area (Å²) in [4.78, 5) is 3.69. The number of anilines is 1. The van der Waals surface area contributed by atoms with Gasteiger partial charge in [-0.15, -0.1) is 5.10 Å². The molecule has 1 rings (SSSR count). The van der Waals surface area contributed by atoms with E-state index in [2.05, 4.69) is 19.9 Å². The van der Waals surface area contributed by atoms with E-state index in [1.807, 2.05) is 0 Å². The van der Waals surface area contributed by atoms with Crippen LogP contribution < -0.4 is 4.72 Å². The van der Waals surface area contributed by atoms with Gasteiger partial charge >= 0.3 is 10.2 Å². The summed E-state index contributed by atoms with van der Waals surface area (Å²) < 4.78 is 26.5. The highest BCUT2D eigenvalue weighted by Crippen LogP contribution is 2.02. The molecule has 9 heteroatoms. The number of hydrogen-bond donors (Lipinski definition) is 2. The van der Waals surface area contributed by atoms with Gasteiger partial charge in [-0.2, -0.15) is 17.8 Å². The fourth-order valence-electron chi connectivity index (χ4n) is 0.901. The Bertz CT molecular complexity index is 409. The average Bonchev–Trinajstić information content (AvgIpc) is 2.26. The van der Waals surface area contributed by atoms with Crippen molar-refractivity contribution in [2.45, 2.75) is 6.42 Å². The Morgan fingerprint density at radius 2 is 2.25 bits per heavy atom. The van der Waals surface area contributed by atoms with Gasteiger partial charge in [0.1, 0.15) is 0 Å². The maximum atomic E-state index is 11.6. The van der Waals surface area contributed by atoms with Crippen LogP contribution in [0.15, 0.2) is 12.4 Å². The molecule has 0 atom stereocenters. The van der Waals surface area contributed by atoms with Crippen LogP contribution in [0.5, 0.6) is 0 Å². The predicted octanol–water partition coefficient (Wildman–Crippen LogP) is -1.16. The van der Waals surface area contributed by atoms with Gasteiger partial charge in [-0.25, -0.2) is 9.71 Å². The second-order valence-electron chi connectivity index (χ2n) is 2.97. The van der Waals surface area contributed by atoms with Crippen LogP contribution in [0.4, 0.5) is 5.95 Å². The van der Waals surface area contributed by atoms with Crippen LogP contribution >= 0.6 is 0 Å². The van der Waals surface area contributed by atoms with Crippen LogP contribution in [-0.2, 0) is 10.2 Å². The first-order valence-corrected chi connectivity index (χ1v) is 5.99. The molecule has 0 amide bonds. The van der Waals surface area contributed by atoms with Crippen LogP contribution in [0.3, 0.4) is 0 Å². The van der Waals surface area contributed by atoms with Crippen molar-refractivity contribution in [3.63, 3.8) is 0 Å². The van der Waals surface area contributed by atoms with Gasteiger partial charge in [0, 0.05) is 20.2 Å². The van der Waals surface area contributed by atoms with Crippen molar-refractivity contribution >= 4 is 16.2 Å². The van der Waals surface area contributed by atoms with E-state index >= 15 is 0 Å². The van der Waals surface area contributed by atoms with Crippen LogP contribution in [-0.4, -0.2) is 53.2 Å². The van der Waals surface area contributed by atoms with Crippen molar-refractivity contribution in [2.24, 2.45) is 0 Å². The van der Waals surface area contributed by atoms with Gasteiger partial charge in [0.05, 0.1) is 12.4 Å². The summed E-state index contributed by atoms with van der Waals surface area (Å²) in [6, 6.07) is 0. The number of nitrogens with zero attached hydrogens (tertiary/aromatic N) is 4. The molecule has 0 unspecified atom stereocenters. The molecule has 16 heavy (non-hydrogen) atoms. The topological polar surface area (TPSA) is 108 Å². The molecule has 1 aromatic rings. The highest BCUT2D eigenvalue weighted by Gasteiger charge is 2.18. The predicted molar refractivity (Wildman–Crippen MR) is 56.7 cm³/mol. The lowest BCUT2D eigenvalue weighted by Gasteiger charge is -2.16. The highest BCUT2D eigenvalue weighted by molar-refractivity contribution is 7.90. The molecule has 0 saturated heterocycles. The van der Waals surface area contributed by atoms with Crippen molar-refractivity contribution in [2.75, 3.05) is 24.9 Å². The number of hydrogen-bond acceptors (Lipinski definition) is 6. The van der Waals surface area contributed by atoms with Gasteiger partial charge in [-0.1, -0.05) is 0 Å². The molecule has 0 radical (unpaired) electrons. The monoisotopic (exact) mass is 247 g/mol. The summed E-state index contributed by atoms with van der Waals surface area (Å²) >= 11 is 0. The SMILES string of the molecule is CN(CCCO)S(=O)(=O)Nc1nccnn1. The molecule has 0 aliphatic rings. The van der Waals surface area contributed by atoms with Crippen molar-refractivity contribution in [1.82, 2.24) is 19.5 Å². The summed E-state index contributed by atoms with van der Waals surface area (Å²) in [6.45, 7) is 0.148. The number of rotatable bonds is 6. The van der Waals surface area contributed by atoms with Gasteiger partial charge in [-0.05, 0) is 6.42 Å². The Hall–Kier alpha value is -1.32. The third-order valence-electron chi connectivity index (χ3n) is 1.74. The second kappa shape index (κ2) is 5.68. The lowest BCUT2D eigenvalue weighted by molar-refractivity contribution is 0.276. The third-order valence-corrected chi connectivity index (χ3v) is 3.19. The lowest BCUT2D eigenvalue weighted by Crippen LogP contribution is -2.34. The van der Waals surface area contributed by atoms with Gasteiger partial charge in [0.2, 0.25) is 0 Å². The maximum Gasteiger partial charge on any atom is 0.303 e. The summed E-state index contributed by atoms with van der Waals surface area (Å²) in [6.07, 6.45) is 3.04. The van der Waals surface area contributed by atoms with Gasteiger partial charge in [0.25, 0.3) is 5.95 Å². The minimum absolute atomic E-state index is 0.0662. The fraction of sp³-hybridized carbons (Fsp3) is 0.571. The second-order valence-corrected chi connectivity index (χ2v) is 4.75. The van der Waals surface area contributed by atoms with E-state index in [-0.39, 0.29) is 19.1 Å². The molecule has 0 aromatic carbocycles. The first-order valence-electron chi connectivity index (χ1n) is 4.55. The van der Waals surface area contributed by atoms with E-state index in [1.54, 1.807) is 0 Å². The molecule has 0 bridgehead atoms. The van der Waals surface area contributed by atoms with Gasteiger partial charge < -0.3 is 5.11 Å². The Morgan fingerprint density at radius 1 is 1.50 bits per heavy atom. The molecule has 0 spiro atoms.